The van der Waals surface area contributed by atoms with Crippen molar-refractivity contribution in [1.29, 1.82) is 0 Å². The zero-order valence-electron chi connectivity index (χ0n) is 16.3. The van der Waals surface area contributed by atoms with Crippen molar-refractivity contribution in [3.8, 4) is 11.5 Å². The summed E-state index contributed by atoms with van der Waals surface area (Å²) in [5.74, 6) is 1.38. The van der Waals surface area contributed by atoms with Crippen LogP contribution in [0.5, 0.6) is 11.5 Å². The molecule has 0 unspecified atom stereocenters. The molecule has 1 aliphatic heterocycles. The molecule has 6 heteroatoms. The Balaban J connectivity index is 1.52. The van der Waals surface area contributed by atoms with E-state index >= 15 is 0 Å². The third kappa shape index (κ3) is 4.93. The first-order chi connectivity index (χ1) is 13.1. The predicted octanol–water partition coefficient (Wildman–Crippen LogP) is 3.10. The fourth-order valence-corrected chi connectivity index (χ4v) is 4.02. The predicted molar refractivity (Wildman–Crippen MR) is 101 cm³/mol. The minimum atomic E-state index is -0.251. The van der Waals surface area contributed by atoms with E-state index in [1.54, 1.807) is 19.1 Å². The second-order valence-corrected chi connectivity index (χ2v) is 7.41. The summed E-state index contributed by atoms with van der Waals surface area (Å²) in [6, 6.07) is 3.89. The van der Waals surface area contributed by atoms with Crippen molar-refractivity contribution in [1.82, 2.24) is 4.90 Å². The van der Waals surface area contributed by atoms with Crippen LogP contribution >= 0.6 is 0 Å². The summed E-state index contributed by atoms with van der Waals surface area (Å²) in [6.07, 6.45) is 7.02. The highest BCUT2D eigenvalue weighted by Gasteiger charge is 2.24. The third-order valence-corrected chi connectivity index (χ3v) is 5.61. The molecule has 27 heavy (non-hydrogen) atoms. The standard InChI is InChI=1S/C21H29NO5/c1-25-18-11-16-8-9-22(13-17(16)12-19(18)26-2)20(23)14-27-21(24)10-15-6-4-3-5-7-15/h11-12,15H,3-10,13-14H2,1-2H3. The van der Waals surface area contributed by atoms with Gasteiger partial charge in [-0.2, -0.15) is 0 Å². The lowest BCUT2D eigenvalue weighted by atomic mass is 9.87. The molecule has 0 radical (unpaired) electrons. The van der Waals surface area contributed by atoms with E-state index in [4.69, 9.17) is 14.2 Å². The minimum Gasteiger partial charge on any atom is -0.493 e. The fraction of sp³-hybridized carbons (Fsp3) is 0.619. The number of amides is 1. The minimum absolute atomic E-state index is 0.146. The van der Waals surface area contributed by atoms with Gasteiger partial charge in [-0.05, 0) is 48.4 Å². The van der Waals surface area contributed by atoms with Crippen LogP contribution in [0.2, 0.25) is 0 Å². The lowest BCUT2D eigenvalue weighted by Gasteiger charge is -2.29. The van der Waals surface area contributed by atoms with Crippen LogP contribution in [-0.2, 0) is 27.3 Å². The zero-order valence-corrected chi connectivity index (χ0v) is 16.3. The summed E-state index contributed by atoms with van der Waals surface area (Å²) in [6.45, 7) is 0.935. The number of esters is 1. The third-order valence-electron chi connectivity index (χ3n) is 5.61. The van der Waals surface area contributed by atoms with E-state index in [9.17, 15) is 9.59 Å². The molecule has 2 aliphatic rings. The Morgan fingerprint density at radius 1 is 1.04 bits per heavy atom. The summed E-state index contributed by atoms with van der Waals surface area (Å²) >= 11 is 0. The number of fused-ring (bicyclic) bond motifs is 1. The number of carbonyl (C=O) groups is 2. The van der Waals surface area contributed by atoms with Gasteiger partial charge in [0.2, 0.25) is 0 Å². The second kappa shape index (κ2) is 9.11. The lowest BCUT2D eigenvalue weighted by Crippen LogP contribution is -2.38. The number of ether oxygens (including phenoxy) is 3. The van der Waals surface area contributed by atoms with Gasteiger partial charge in [-0.25, -0.2) is 0 Å². The van der Waals surface area contributed by atoms with Crippen LogP contribution < -0.4 is 9.47 Å². The van der Waals surface area contributed by atoms with E-state index in [-0.39, 0.29) is 18.5 Å². The van der Waals surface area contributed by atoms with Gasteiger partial charge in [0.05, 0.1) is 14.2 Å². The van der Waals surface area contributed by atoms with Crippen molar-refractivity contribution in [3.05, 3.63) is 23.3 Å². The van der Waals surface area contributed by atoms with Gasteiger partial charge in [0, 0.05) is 19.5 Å². The van der Waals surface area contributed by atoms with Gasteiger partial charge < -0.3 is 19.1 Å². The molecule has 0 bridgehead atoms. The number of methoxy groups -OCH3 is 2. The molecule has 1 aliphatic carbocycles. The van der Waals surface area contributed by atoms with Crippen LogP contribution in [0.1, 0.15) is 49.7 Å². The summed E-state index contributed by atoms with van der Waals surface area (Å²) in [4.78, 5) is 26.2. The second-order valence-electron chi connectivity index (χ2n) is 7.41. The molecular weight excluding hydrogens is 346 g/mol. The molecule has 148 valence electrons. The Morgan fingerprint density at radius 2 is 1.70 bits per heavy atom. The maximum Gasteiger partial charge on any atom is 0.306 e. The first-order valence-corrected chi connectivity index (χ1v) is 9.78. The van der Waals surface area contributed by atoms with Gasteiger partial charge in [-0.1, -0.05) is 19.3 Å². The van der Waals surface area contributed by atoms with E-state index in [1.165, 1.54) is 19.3 Å². The van der Waals surface area contributed by atoms with Gasteiger partial charge in [0.1, 0.15) is 0 Å². The Kier molecular flexibility index (Phi) is 6.58. The Morgan fingerprint density at radius 3 is 2.37 bits per heavy atom. The molecule has 1 amide bonds. The van der Waals surface area contributed by atoms with Crippen LogP contribution in [0.4, 0.5) is 0 Å². The molecule has 0 spiro atoms. The summed E-state index contributed by atoms with van der Waals surface area (Å²) in [5.41, 5.74) is 2.20. The van der Waals surface area contributed by atoms with Crippen molar-refractivity contribution in [2.45, 2.75) is 51.5 Å². The highest BCUT2D eigenvalue weighted by molar-refractivity contribution is 5.81. The zero-order chi connectivity index (χ0) is 19.2. The Hall–Kier alpha value is -2.24. The maximum atomic E-state index is 12.5. The number of rotatable bonds is 6. The molecular formula is C21H29NO5. The van der Waals surface area contributed by atoms with Crippen LogP contribution in [0.15, 0.2) is 12.1 Å². The van der Waals surface area contributed by atoms with E-state index < -0.39 is 0 Å². The van der Waals surface area contributed by atoms with Crippen LogP contribution in [-0.4, -0.2) is 44.1 Å². The van der Waals surface area contributed by atoms with E-state index in [2.05, 4.69) is 0 Å². The first-order valence-electron chi connectivity index (χ1n) is 9.78. The first kappa shape index (κ1) is 19.5. The molecule has 1 heterocycles. The van der Waals surface area contributed by atoms with Crippen LogP contribution in [0.3, 0.4) is 0 Å². The molecule has 1 fully saturated rings. The van der Waals surface area contributed by atoms with E-state index in [0.717, 1.165) is 30.4 Å². The Labute approximate surface area is 160 Å². The van der Waals surface area contributed by atoms with Crippen molar-refractivity contribution in [2.24, 2.45) is 5.92 Å². The molecule has 0 N–H and O–H groups in total. The van der Waals surface area contributed by atoms with Gasteiger partial charge in [-0.3, -0.25) is 9.59 Å². The van der Waals surface area contributed by atoms with Gasteiger partial charge in [0.25, 0.3) is 5.91 Å². The monoisotopic (exact) mass is 375 g/mol. The largest absolute Gasteiger partial charge is 0.493 e. The lowest BCUT2D eigenvalue weighted by molar-refractivity contribution is -0.153. The number of benzene rings is 1. The normalized spacial score (nSPS) is 17.2. The van der Waals surface area contributed by atoms with E-state index in [1.807, 2.05) is 12.1 Å². The topological polar surface area (TPSA) is 65.1 Å². The number of hydrogen-bond donors (Lipinski definition) is 0. The molecule has 0 aromatic heterocycles. The van der Waals surface area contributed by atoms with Gasteiger partial charge in [-0.15, -0.1) is 0 Å². The Bertz CT molecular complexity index is 681. The molecule has 0 saturated heterocycles. The molecule has 1 saturated carbocycles. The molecule has 0 atom stereocenters. The molecule has 1 aromatic carbocycles. The van der Waals surface area contributed by atoms with Crippen LogP contribution in [0.25, 0.3) is 0 Å². The van der Waals surface area contributed by atoms with Gasteiger partial charge >= 0.3 is 5.97 Å². The number of carbonyl (C=O) groups excluding carboxylic acids is 2. The average molecular weight is 375 g/mol. The molecule has 3 rings (SSSR count). The molecule has 1 aromatic rings. The number of nitrogens with zero attached hydrogens (tertiary/aromatic N) is 1. The van der Waals surface area contributed by atoms with E-state index in [0.29, 0.717) is 36.9 Å². The summed E-state index contributed by atoms with van der Waals surface area (Å²) in [7, 11) is 3.21. The van der Waals surface area contributed by atoms with Gasteiger partial charge in [0.15, 0.2) is 18.1 Å². The fourth-order valence-electron chi connectivity index (χ4n) is 4.02. The van der Waals surface area contributed by atoms with Crippen molar-refractivity contribution in [3.63, 3.8) is 0 Å². The quantitative estimate of drug-likeness (QED) is 0.715. The highest BCUT2D eigenvalue weighted by atomic mass is 16.5. The molecule has 6 nitrogen and oxygen atoms in total. The van der Waals surface area contributed by atoms with Crippen LogP contribution in [0, 0.1) is 5.92 Å². The van der Waals surface area contributed by atoms with Crippen molar-refractivity contribution in [2.75, 3.05) is 27.4 Å². The number of hydrogen-bond acceptors (Lipinski definition) is 5. The average Bonchev–Trinajstić information content (AvgIpc) is 2.71. The maximum absolute atomic E-state index is 12.5. The van der Waals surface area contributed by atoms with Crippen molar-refractivity contribution >= 4 is 11.9 Å². The summed E-state index contributed by atoms with van der Waals surface area (Å²) in [5, 5.41) is 0. The SMILES string of the molecule is COc1cc2c(cc1OC)CN(C(=O)COC(=O)CC1CCCCC1)CC2. The highest BCUT2D eigenvalue weighted by Crippen LogP contribution is 2.33. The van der Waals surface area contributed by atoms with Crippen molar-refractivity contribution < 1.29 is 23.8 Å². The summed E-state index contributed by atoms with van der Waals surface area (Å²) < 4.78 is 15.9. The smallest absolute Gasteiger partial charge is 0.306 e.